The summed E-state index contributed by atoms with van der Waals surface area (Å²) >= 11 is 1.02. The van der Waals surface area contributed by atoms with Crippen molar-refractivity contribution in [2.75, 3.05) is 44.4 Å². The number of nitrogens with zero attached hydrogens (tertiary/aromatic N) is 5. The maximum Gasteiger partial charge on any atom is 0.338 e. The molecule has 0 N–H and O–H groups in total. The van der Waals surface area contributed by atoms with Gasteiger partial charge in [0.15, 0.2) is 6.10 Å². The number of aryl methyl sites for hydroxylation is 1. The fourth-order valence-corrected chi connectivity index (χ4v) is 4.85. The van der Waals surface area contributed by atoms with Gasteiger partial charge in [0.1, 0.15) is 13.2 Å². The first kappa shape index (κ1) is 31.6. The molecule has 1 amide bonds. The number of ether oxygens (including phenoxy) is 3. The van der Waals surface area contributed by atoms with Gasteiger partial charge in [-0.2, -0.15) is 4.37 Å². The van der Waals surface area contributed by atoms with Crippen molar-refractivity contribution in [3.05, 3.63) is 80.9 Å². The largest absolute Gasteiger partial charge is 0.470 e. The third kappa shape index (κ3) is 8.85. The molecule has 14 heteroatoms. The lowest BCUT2D eigenvalue weighted by atomic mass is 10.0. The summed E-state index contributed by atoms with van der Waals surface area (Å²) in [5.74, 6) is 0.0658. The van der Waals surface area contributed by atoms with Crippen molar-refractivity contribution in [1.82, 2.24) is 13.6 Å². The van der Waals surface area contributed by atoms with Crippen LogP contribution in [0.5, 0.6) is 5.88 Å². The van der Waals surface area contributed by atoms with Crippen LogP contribution in [0.3, 0.4) is 0 Å². The highest BCUT2D eigenvalue weighted by Crippen LogP contribution is 2.27. The van der Waals surface area contributed by atoms with Crippen LogP contribution in [-0.2, 0) is 20.9 Å². The van der Waals surface area contributed by atoms with Gasteiger partial charge in [-0.3, -0.25) is 4.79 Å². The molecule has 13 nitrogen and oxygen atoms in total. The molecule has 2 aromatic carbocycles. The van der Waals surface area contributed by atoms with Gasteiger partial charge in [-0.25, -0.2) is 4.79 Å². The van der Waals surface area contributed by atoms with E-state index in [0.717, 1.165) is 17.3 Å². The Hall–Kier alpha value is -4.30. The summed E-state index contributed by atoms with van der Waals surface area (Å²) in [6, 6.07) is 13.4. The van der Waals surface area contributed by atoms with Crippen LogP contribution in [0.2, 0.25) is 0 Å². The molecule has 43 heavy (non-hydrogen) atoms. The molecule has 4 rings (SSSR count). The predicted octanol–water partition coefficient (Wildman–Crippen LogP) is 3.94. The van der Waals surface area contributed by atoms with Crippen LogP contribution in [0.1, 0.15) is 52.6 Å². The number of hydrogen-bond acceptors (Lipinski definition) is 12. The Balaban J connectivity index is 1.54. The van der Waals surface area contributed by atoms with Crippen molar-refractivity contribution in [3.8, 4) is 5.88 Å². The van der Waals surface area contributed by atoms with E-state index in [1.807, 2.05) is 44.7 Å². The van der Waals surface area contributed by atoms with Crippen molar-refractivity contribution in [3.63, 3.8) is 0 Å². The van der Waals surface area contributed by atoms with Crippen molar-refractivity contribution in [1.29, 1.82) is 0 Å². The summed E-state index contributed by atoms with van der Waals surface area (Å²) in [4.78, 5) is 45.5. The van der Waals surface area contributed by atoms with Crippen LogP contribution in [0.15, 0.2) is 48.5 Å². The Morgan fingerprint density at radius 3 is 2.35 bits per heavy atom. The molecule has 1 aliphatic rings. The third-order valence-electron chi connectivity index (χ3n) is 6.70. The Bertz CT molecular complexity index is 1390. The number of aromatic nitrogens is 2. The second-order valence-corrected chi connectivity index (χ2v) is 11.5. The van der Waals surface area contributed by atoms with Crippen molar-refractivity contribution < 1.29 is 33.7 Å². The molecule has 0 radical (unpaired) electrons. The van der Waals surface area contributed by atoms with Gasteiger partial charge in [0, 0.05) is 24.2 Å². The molecule has 0 saturated carbocycles. The summed E-state index contributed by atoms with van der Waals surface area (Å²) < 4.78 is 26.1. The Morgan fingerprint density at radius 1 is 1.07 bits per heavy atom. The van der Waals surface area contributed by atoms with Gasteiger partial charge >= 0.3 is 5.97 Å². The van der Waals surface area contributed by atoms with Crippen LogP contribution in [0.25, 0.3) is 0 Å². The number of hydrogen-bond donors (Lipinski definition) is 0. The summed E-state index contributed by atoms with van der Waals surface area (Å²) in [5, 5.41) is 9.65. The molecule has 3 aromatic rings. The van der Waals surface area contributed by atoms with Crippen LogP contribution < -0.4 is 9.64 Å². The molecule has 1 aromatic heterocycles. The topological polar surface area (TPSA) is 146 Å². The van der Waals surface area contributed by atoms with Crippen molar-refractivity contribution in [2.45, 2.75) is 45.9 Å². The van der Waals surface area contributed by atoms with Gasteiger partial charge in [-0.15, -0.1) is 14.5 Å². The number of esters is 1. The van der Waals surface area contributed by atoms with Crippen LogP contribution in [-0.4, -0.2) is 81.7 Å². The molecular weight excluding hydrogens is 578 g/mol. The molecule has 0 spiro atoms. The van der Waals surface area contributed by atoms with Gasteiger partial charge in [0.05, 0.1) is 37.1 Å². The number of benzene rings is 2. The van der Waals surface area contributed by atoms with Gasteiger partial charge in [-0.1, -0.05) is 29.8 Å². The number of anilines is 1. The average Bonchev–Trinajstić information content (AvgIpc) is 3.46. The van der Waals surface area contributed by atoms with E-state index in [0.29, 0.717) is 54.7 Å². The third-order valence-corrected chi connectivity index (χ3v) is 7.20. The van der Waals surface area contributed by atoms with Gasteiger partial charge in [-0.05, 0) is 57.5 Å². The summed E-state index contributed by atoms with van der Waals surface area (Å²) in [6.45, 7) is 9.73. The quantitative estimate of drug-likeness (QED) is 0.166. The second-order valence-electron chi connectivity index (χ2n) is 11.0. The highest BCUT2D eigenvalue weighted by molar-refractivity contribution is 6.99. The van der Waals surface area contributed by atoms with Crippen LogP contribution in [0.4, 0.5) is 5.82 Å². The number of carbonyl (C=O) groups excluding carboxylic acids is 2. The zero-order valence-corrected chi connectivity index (χ0v) is 25.4. The minimum Gasteiger partial charge on any atom is -0.470 e. The van der Waals surface area contributed by atoms with E-state index in [4.69, 9.17) is 14.2 Å². The highest BCUT2D eigenvalue weighted by atomic mass is 32.1. The van der Waals surface area contributed by atoms with E-state index < -0.39 is 22.7 Å². The zero-order valence-electron chi connectivity index (χ0n) is 24.6. The molecular formula is C29H35N5O8S. The highest BCUT2D eigenvalue weighted by Gasteiger charge is 2.32. The van der Waals surface area contributed by atoms with E-state index in [9.17, 15) is 19.7 Å². The minimum absolute atomic E-state index is 0.0244. The van der Waals surface area contributed by atoms with Gasteiger partial charge in [0.2, 0.25) is 5.82 Å². The number of morpholine rings is 1. The molecule has 2 heterocycles. The monoisotopic (exact) mass is 613 g/mol. The molecule has 1 unspecified atom stereocenters. The normalized spacial score (nSPS) is 14.1. The first-order chi connectivity index (χ1) is 20.5. The Kier molecular flexibility index (Phi) is 10.5. The smallest absolute Gasteiger partial charge is 0.338 e. The van der Waals surface area contributed by atoms with E-state index in [1.54, 1.807) is 41.3 Å². The predicted molar refractivity (Wildman–Crippen MR) is 158 cm³/mol. The first-order valence-electron chi connectivity index (χ1n) is 13.7. The summed E-state index contributed by atoms with van der Waals surface area (Å²) in [5.41, 5.74) is 1.62. The van der Waals surface area contributed by atoms with Crippen LogP contribution in [0, 0.1) is 17.0 Å². The lowest BCUT2D eigenvalue weighted by Crippen LogP contribution is -2.51. The lowest BCUT2D eigenvalue weighted by molar-refractivity contribution is -0.763. The second kappa shape index (κ2) is 14.2. The lowest BCUT2D eigenvalue weighted by Gasteiger charge is -2.38. The van der Waals surface area contributed by atoms with Crippen LogP contribution >= 0.6 is 11.7 Å². The molecule has 1 fully saturated rings. The SMILES string of the molecule is Cc1ccc(C(=O)OC(COc2nsnc2N2CCOCC2)CN(C(=O)c2ccc(CO[N+](=O)[O-])cc2)C(C)(C)C)cc1. The van der Waals surface area contributed by atoms with E-state index in [-0.39, 0.29) is 25.7 Å². The molecule has 1 atom stereocenters. The zero-order chi connectivity index (χ0) is 31.0. The number of amides is 1. The number of rotatable bonds is 12. The first-order valence-corrected chi connectivity index (χ1v) is 14.5. The van der Waals surface area contributed by atoms with Gasteiger partial charge in [0.25, 0.3) is 16.9 Å². The van der Waals surface area contributed by atoms with Gasteiger partial charge < -0.3 is 28.8 Å². The van der Waals surface area contributed by atoms with Crippen molar-refractivity contribution >= 4 is 29.4 Å². The standard InChI is InChI=1S/C29H35N5O8S/c1-20-5-9-23(10-6-20)28(36)42-24(19-40-26-25(30-43-31-26)32-13-15-39-16-14-32)17-33(29(2,3)4)27(35)22-11-7-21(8-12-22)18-41-34(37)38/h5-12,24H,13-19H2,1-4H3. The van der Waals surface area contributed by atoms with E-state index in [2.05, 4.69) is 13.6 Å². The molecule has 1 saturated heterocycles. The molecule has 1 aliphatic heterocycles. The molecule has 230 valence electrons. The minimum atomic E-state index is -0.869. The Labute approximate surface area is 253 Å². The van der Waals surface area contributed by atoms with E-state index in [1.165, 1.54) is 0 Å². The maximum atomic E-state index is 13.8. The fraction of sp³-hybridized carbons (Fsp3) is 0.448. The maximum absolute atomic E-state index is 13.8. The summed E-state index contributed by atoms with van der Waals surface area (Å²) in [7, 11) is 0. The Morgan fingerprint density at radius 2 is 1.72 bits per heavy atom. The molecule has 0 aliphatic carbocycles. The summed E-state index contributed by atoms with van der Waals surface area (Å²) in [6.07, 6.45) is -0.857. The fourth-order valence-electron chi connectivity index (χ4n) is 4.33. The van der Waals surface area contributed by atoms with Crippen molar-refractivity contribution in [2.24, 2.45) is 0 Å². The molecule has 0 bridgehead atoms. The van der Waals surface area contributed by atoms with E-state index >= 15 is 0 Å². The number of carbonyl (C=O) groups is 2. The average molecular weight is 614 g/mol.